The lowest BCUT2D eigenvalue weighted by atomic mass is 10.1. The maximum atomic E-state index is 13.0. The zero-order valence-electron chi connectivity index (χ0n) is 17.6. The second-order valence-corrected chi connectivity index (χ2v) is 11.1. The Morgan fingerprint density at radius 3 is 2.35 bits per heavy atom. The first-order valence-corrected chi connectivity index (χ1v) is 12.4. The van der Waals surface area contributed by atoms with Gasteiger partial charge in [0.1, 0.15) is 4.33 Å². The number of alkyl halides is 2. The number of nitrogens with two attached hydrogens (primary N) is 1. The van der Waals surface area contributed by atoms with Crippen LogP contribution in [0, 0.1) is 12.8 Å². The Hall–Kier alpha value is -1.96. The number of carbonyl (C=O) groups is 2. The molecule has 34 heavy (non-hydrogen) atoms. The molecule has 0 radical (unpaired) electrons. The molecule has 0 heterocycles. The third kappa shape index (κ3) is 5.02. The van der Waals surface area contributed by atoms with Crippen molar-refractivity contribution in [3.63, 3.8) is 0 Å². The predicted molar refractivity (Wildman–Crippen MR) is 143 cm³/mol. The van der Waals surface area contributed by atoms with Gasteiger partial charge in [0.05, 0.1) is 21.5 Å². The van der Waals surface area contributed by atoms with Gasteiger partial charge in [0.25, 0.3) is 5.91 Å². The minimum atomic E-state index is -1.27. The van der Waals surface area contributed by atoms with Crippen molar-refractivity contribution >= 4 is 91.2 Å². The number of anilines is 3. The van der Waals surface area contributed by atoms with E-state index < -0.39 is 22.1 Å². The number of hydrogen-bond donors (Lipinski definition) is 3. The van der Waals surface area contributed by atoms with Crippen molar-refractivity contribution in [3.05, 3.63) is 85.8 Å². The highest BCUT2D eigenvalue weighted by atomic mass is 79.9. The van der Waals surface area contributed by atoms with Crippen LogP contribution < -0.4 is 16.4 Å². The topological polar surface area (TPSA) is 84.2 Å². The van der Waals surface area contributed by atoms with E-state index in [2.05, 4.69) is 26.6 Å². The quantitative estimate of drug-likeness (QED) is 0.210. The molecule has 3 aromatic carbocycles. The molecule has 0 spiro atoms. The highest BCUT2D eigenvalue weighted by Gasteiger charge is 2.67. The Balaban J connectivity index is 1.51. The Morgan fingerprint density at radius 2 is 1.68 bits per heavy atom. The second-order valence-electron chi connectivity index (χ2n) is 8.02. The monoisotopic (exact) mass is 599 g/mol. The van der Waals surface area contributed by atoms with Crippen LogP contribution in [-0.2, 0) is 4.79 Å². The maximum absolute atomic E-state index is 13.0. The molecule has 1 saturated carbocycles. The molecule has 0 bridgehead atoms. The lowest BCUT2D eigenvalue weighted by molar-refractivity contribution is -0.117. The Labute approximate surface area is 225 Å². The minimum Gasteiger partial charge on any atom is -0.399 e. The smallest absolute Gasteiger partial charge is 0.257 e. The van der Waals surface area contributed by atoms with E-state index in [1.54, 1.807) is 42.5 Å². The van der Waals surface area contributed by atoms with Gasteiger partial charge in [0.15, 0.2) is 0 Å². The van der Waals surface area contributed by atoms with E-state index in [9.17, 15) is 9.59 Å². The average molecular weight is 602 g/mol. The van der Waals surface area contributed by atoms with E-state index in [4.69, 9.17) is 52.1 Å². The molecule has 0 saturated heterocycles. The van der Waals surface area contributed by atoms with E-state index in [-0.39, 0.29) is 16.5 Å². The molecule has 4 N–H and O–H groups in total. The van der Waals surface area contributed by atoms with Crippen LogP contribution in [-0.4, -0.2) is 16.1 Å². The van der Waals surface area contributed by atoms with Gasteiger partial charge in [-0.2, -0.15) is 0 Å². The number of carbonyl (C=O) groups excluding carboxylic acids is 2. The molecule has 10 heteroatoms. The van der Waals surface area contributed by atoms with Crippen LogP contribution >= 0.6 is 62.3 Å². The summed E-state index contributed by atoms with van der Waals surface area (Å²) in [6.07, 6.45) is 0. The first kappa shape index (κ1) is 25.1. The first-order chi connectivity index (χ1) is 16.0. The zero-order chi connectivity index (χ0) is 24.8. The van der Waals surface area contributed by atoms with Crippen LogP contribution in [0.2, 0.25) is 10.0 Å². The summed E-state index contributed by atoms with van der Waals surface area (Å²) in [5.41, 5.74) is 9.16. The molecule has 1 aliphatic rings. The fourth-order valence-electron chi connectivity index (χ4n) is 3.79. The number of nitrogen functional groups attached to an aromatic ring is 1. The minimum absolute atomic E-state index is 0.202. The largest absolute Gasteiger partial charge is 0.399 e. The summed E-state index contributed by atoms with van der Waals surface area (Å²) in [4.78, 5) is 25.9. The summed E-state index contributed by atoms with van der Waals surface area (Å²) in [5.74, 6) is -1.89. The van der Waals surface area contributed by atoms with Crippen LogP contribution in [0.3, 0.4) is 0 Å². The van der Waals surface area contributed by atoms with Crippen LogP contribution in [0.15, 0.2) is 59.1 Å². The molecule has 4 rings (SSSR count). The predicted octanol–water partition coefficient (Wildman–Crippen LogP) is 7.42. The Morgan fingerprint density at radius 1 is 0.971 bits per heavy atom. The highest BCUT2D eigenvalue weighted by molar-refractivity contribution is 9.10. The van der Waals surface area contributed by atoms with Crippen molar-refractivity contribution in [2.45, 2.75) is 17.2 Å². The molecule has 1 fully saturated rings. The lowest BCUT2D eigenvalue weighted by Gasteiger charge is -2.12. The number of hydrogen-bond acceptors (Lipinski definition) is 3. The molecule has 2 amide bonds. The number of halogens is 5. The standard InChI is InChI=1S/C24H18BrCl4N3O2/c1-11-8-13(30)3-7-19(11)32-22(33)15-10-14(4-6-17(15)26)31-23(34)21-20(24(21,28)29)12-2-5-18(27)16(25)9-12/h2-10,20-21H,30H2,1H3,(H,31,34)(H,32,33)/t20-,21+/m0/s1. The van der Waals surface area contributed by atoms with Gasteiger partial charge in [-0.1, -0.05) is 29.3 Å². The molecule has 1 aliphatic carbocycles. The van der Waals surface area contributed by atoms with E-state index in [1.807, 2.05) is 6.92 Å². The van der Waals surface area contributed by atoms with Crippen LogP contribution in [0.5, 0.6) is 0 Å². The van der Waals surface area contributed by atoms with Gasteiger partial charge in [-0.25, -0.2) is 0 Å². The van der Waals surface area contributed by atoms with Gasteiger partial charge in [-0.15, -0.1) is 23.2 Å². The molecule has 0 unspecified atom stereocenters. The van der Waals surface area contributed by atoms with Gasteiger partial charge >= 0.3 is 0 Å². The van der Waals surface area contributed by atoms with Crippen molar-refractivity contribution in [2.75, 3.05) is 16.4 Å². The van der Waals surface area contributed by atoms with Crippen LogP contribution in [0.25, 0.3) is 0 Å². The summed E-state index contributed by atoms with van der Waals surface area (Å²) >= 11 is 28.6. The van der Waals surface area contributed by atoms with E-state index in [0.29, 0.717) is 26.6 Å². The molecule has 5 nitrogen and oxygen atoms in total. The van der Waals surface area contributed by atoms with E-state index in [1.165, 1.54) is 12.1 Å². The summed E-state index contributed by atoms with van der Waals surface area (Å²) in [5, 5.41) is 6.38. The molecule has 2 atom stereocenters. The fourth-order valence-corrected chi connectivity index (χ4v) is 5.33. The summed E-state index contributed by atoms with van der Waals surface area (Å²) in [6.45, 7) is 1.83. The van der Waals surface area contributed by atoms with Crippen molar-refractivity contribution in [1.29, 1.82) is 0 Å². The number of rotatable bonds is 5. The van der Waals surface area contributed by atoms with E-state index in [0.717, 1.165) is 11.1 Å². The summed E-state index contributed by atoms with van der Waals surface area (Å²) in [6, 6.07) is 15.1. The van der Waals surface area contributed by atoms with E-state index >= 15 is 0 Å². The zero-order valence-corrected chi connectivity index (χ0v) is 22.2. The SMILES string of the molecule is Cc1cc(N)ccc1NC(=O)c1cc(NC(=O)[C@H]2[C@H](c3ccc(Cl)c(Br)c3)C2(Cl)Cl)ccc1Cl. The molecular weight excluding hydrogens is 584 g/mol. The molecule has 0 aliphatic heterocycles. The normalized spacial score (nSPS) is 18.3. The summed E-state index contributed by atoms with van der Waals surface area (Å²) < 4.78 is -0.581. The number of benzene rings is 3. The maximum Gasteiger partial charge on any atom is 0.257 e. The molecular formula is C24H18BrCl4N3O2. The highest BCUT2D eigenvalue weighted by Crippen LogP contribution is 2.65. The first-order valence-electron chi connectivity index (χ1n) is 10.1. The molecule has 0 aromatic heterocycles. The van der Waals surface area contributed by atoms with Crippen molar-refractivity contribution in [2.24, 2.45) is 5.92 Å². The molecule has 3 aromatic rings. The number of amides is 2. The number of aryl methyl sites for hydroxylation is 1. The van der Waals surface area contributed by atoms with Crippen molar-refractivity contribution < 1.29 is 9.59 Å². The Bertz CT molecular complexity index is 1320. The lowest BCUT2D eigenvalue weighted by Crippen LogP contribution is -2.18. The van der Waals surface area contributed by atoms with Crippen LogP contribution in [0.4, 0.5) is 17.1 Å². The molecule has 176 valence electrons. The van der Waals surface area contributed by atoms with Gasteiger partial charge in [-0.05, 0) is 82.5 Å². The van der Waals surface area contributed by atoms with Crippen molar-refractivity contribution in [1.82, 2.24) is 0 Å². The fraction of sp³-hybridized carbons (Fsp3) is 0.167. The summed E-state index contributed by atoms with van der Waals surface area (Å²) in [7, 11) is 0. The third-order valence-electron chi connectivity index (χ3n) is 5.62. The van der Waals surface area contributed by atoms with Gasteiger partial charge in [0, 0.05) is 27.5 Å². The third-order valence-corrected chi connectivity index (χ3v) is 8.10. The van der Waals surface area contributed by atoms with Gasteiger partial charge < -0.3 is 16.4 Å². The second kappa shape index (κ2) is 9.59. The van der Waals surface area contributed by atoms with Gasteiger partial charge in [0.2, 0.25) is 5.91 Å². The van der Waals surface area contributed by atoms with Crippen molar-refractivity contribution in [3.8, 4) is 0 Å². The van der Waals surface area contributed by atoms with Crippen LogP contribution in [0.1, 0.15) is 27.4 Å². The van der Waals surface area contributed by atoms with Gasteiger partial charge in [-0.3, -0.25) is 9.59 Å². The number of nitrogens with one attached hydrogen (secondary N) is 2. The average Bonchev–Trinajstić information content (AvgIpc) is 3.35. The Kier molecular flexibility index (Phi) is 7.09.